The number of unbranched alkanes of at least 4 members (excludes halogenated alkanes) is 8. The van der Waals surface area contributed by atoms with Gasteiger partial charge in [0.25, 0.3) is 0 Å². The lowest BCUT2D eigenvalue weighted by atomic mass is 9.97. The number of carbonyl (C=O) groups is 1. The Morgan fingerprint density at radius 3 is 2.00 bits per heavy atom. The van der Waals surface area contributed by atoms with E-state index in [1.54, 1.807) is 13.0 Å². The Balaban J connectivity index is 1.89. The summed E-state index contributed by atoms with van der Waals surface area (Å²) in [5, 5.41) is 84.7. The Labute approximate surface area is 278 Å². The predicted molar refractivity (Wildman–Crippen MR) is 171 cm³/mol. The average Bonchev–Trinajstić information content (AvgIpc) is 3.07. The molecule has 14 heteroatoms. The maximum absolute atomic E-state index is 12.2. The highest BCUT2D eigenvalue weighted by Crippen LogP contribution is 2.29. The maximum atomic E-state index is 12.2. The quantitative estimate of drug-likeness (QED) is 0.0540. The van der Waals surface area contributed by atoms with Gasteiger partial charge < -0.3 is 65.1 Å². The van der Waals surface area contributed by atoms with Gasteiger partial charge in [0.05, 0.1) is 32.0 Å². The van der Waals surface area contributed by atoms with Crippen molar-refractivity contribution in [2.24, 2.45) is 0 Å². The van der Waals surface area contributed by atoms with Crippen LogP contribution in [0.25, 0.3) is 0 Å². The number of hydrogen-bond donors (Lipinski definition) is 9. The van der Waals surface area contributed by atoms with Gasteiger partial charge in [0.1, 0.15) is 48.8 Å². The van der Waals surface area contributed by atoms with Crippen LogP contribution < -0.4 is 5.32 Å². The summed E-state index contributed by atoms with van der Waals surface area (Å²) in [6.45, 7) is 2.12. The van der Waals surface area contributed by atoms with E-state index in [1.165, 1.54) is 44.9 Å². The Morgan fingerprint density at radius 1 is 0.745 bits per heavy atom. The predicted octanol–water partition coefficient (Wildman–Crippen LogP) is -0.0839. The number of nitrogens with one attached hydrogen (secondary N) is 1. The van der Waals surface area contributed by atoms with Gasteiger partial charge in [0, 0.05) is 6.42 Å². The van der Waals surface area contributed by atoms with E-state index in [4.69, 9.17) is 18.9 Å². The average molecular weight is 678 g/mol. The van der Waals surface area contributed by atoms with E-state index in [2.05, 4.69) is 24.4 Å². The maximum Gasteiger partial charge on any atom is 0.220 e. The standard InChI is InChI=1S/C33H59NO13/c1-3-5-6-7-8-9-10-11-12-13-14-15-16-17-22(37)21(34-25(38)4-2)20-44-32-30(43)28(41)31(24(19-36)46-32)47-33-29(42)27(40)26(39)23(18-35)45-33/h12-13,16-17,21-24,26-33,35-37,39-43H,3-11,14-15,18-20H2,1-2H3,(H,34,38)/b13-12+,17-16+. The van der Waals surface area contributed by atoms with Crippen LogP contribution in [0.15, 0.2) is 24.3 Å². The van der Waals surface area contributed by atoms with Crippen LogP contribution in [0.3, 0.4) is 0 Å². The van der Waals surface area contributed by atoms with Crippen LogP contribution in [0.2, 0.25) is 0 Å². The monoisotopic (exact) mass is 677 g/mol. The van der Waals surface area contributed by atoms with E-state index in [0.29, 0.717) is 6.42 Å². The number of amides is 1. The molecule has 12 unspecified atom stereocenters. The van der Waals surface area contributed by atoms with Gasteiger partial charge in [-0.25, -0.2) is 0 Å². The summed E-state index contributed by atoms with van der Waals surface area (Å²) in [5.41, 5.74) is 0. The lowest BCUT2D eigenvalue weighted by Crippen LogP contribution is -2.65. The van der Waals surface area contributed by atoms with Crippen LogP contribution in [0, 0.1) is 0 Å². The largest absolute Gasteiger partial charge is 0.394 e. The van der Waals surface area contributed by atoms with E-state index >= 15 is 0 Å². The molecule has 0 saturated carbocycles. The summed E-state index contributed by atoms with van der Waals surface area (Å²) in [7, 11) is 0. The molecule has 2 heterocycles. The molecule has 2 saturated heterocycles. The van der Waals surface area contributed by atoms with E-state index in [1.807, 2.05) is 6.08 Å². The number of ether oxygens (including phenoxy) is 4. The van der Waals surface area contributed by atoms with Gasteiger partial charge >= 0.3 is 0 Å². The van der Waals surface area contributed by atoms with Crippen molar-refractivity contribution in [3.8, 4) is 0 Å². The number of aliphatic hydroxyl groups is 8. The molecule has 14 nitrogen and oxygen atoms in total. The van der Waals surface area contributed by atoms with Gasteiger partial charge in [0.15, 0.2) is 12.6 Å². The topological polar surface area (TPSA) is 228 Å². The third-order valence-corrected chi connectivity index (χ3v) is 8.45. The molecule has 0 radical (unpaired) electrons. The van der Waals surface area contributed by atoms with Crippen molar-refractivity contribution in [1.82, 2.24) is 5.32 Å². The van der Waals surface area contributed by atoms with Gasteiger partial charge in [-0.15, -0.1) is 0 Å². The molecule has 2 fully saturated rings. The zero-order valence-electron chi connectivity index (χ0n) is 27.8. The second-order valence-corrected chi connectivity index (χ2v) is 12.2. The Morgan fingerprint density at radius 2 is 1.34 bits per heavy atom. The smallest absolute Gasteiger partial charge is 0.220 e. The second-order valence-electron chi connectivity index (χ2n) is 12.2. The first-order chi connectivity index (χ1) is 22.6. The number of hydrogen-bond acceptors (Lipinski definition) is 13. The Bertz CT molecular complexity index is 904. The van der Waals surface area contributed by atoms with Crippen molar-refractivity contribution in [1.29, 1.82) is 0 Å². The first-order valence-corrected chi connectivity index (χ1v) is 17.1. The molecule has 2 aliphatic rings. The molecule has 0 bridgehead atoms. The van der Waals surface area contributed by atoms with Crippen LogP contribution >= 0.6 is 0 Å². The lowest BCUT2D eigenvalue weighted by molar-refractivity contribution is -0.359. The zero-order valence-corrected chi connectivity index (χ0v) is 27.8. The summed E-state index contributed by atoms with van der Waals surface area (Å²) >= 11 is 0. The lowest BCUT2D eigenvalue weighted by Gasteiger charge is -2.46. The Kier molecular flexibility index (Phi) is 20.4. The van der Waals surface area contributed by atoms with Crippen molar-refractivity contribution in [2.45, 2.75) is 158 Å². The first-order valence-electron chi connectivity index (χ1n) is 17.1. The van der Waals surface area contributed by atoms with Crippen LogP contribution in [0.5, 0.6) is 0 Å². The van der Waals surface area contributed by atoms with Crippen molar-refractivity contribution in [3.63, 3.8) is 0 Å². The van der Waals surface area contributed by atoms with Crippen molar-refractivity contribution in [2.75, 3.05) is 19.8 Å². The minimum absolute atomic E-state index is 0.154. The number of rotatable bonds is 22. The molecule has 0 aliphatic carbocycles. The van der Waals surface area contributed by atoms with Crippen molar-refractivity contribution >= 4 is 5.91 Å². The minimum atomic E-state index is -1.78. The highest BCUT2D eigenvalue weighted by molar-refractivity contribution is 5.75. The van der Waals surface area contributed by atoms with Crippen LogP contribution in [-0.4, -0.2) is 140 Å². The zero-order chi connectivity index (χ0) is 34.8. The van der Waals surface area contributed by atoms with E-state index in [9.17, 15) is 45.6 Å². The highest BCUT2D eigenvalue weighted by atomic mass is 16.7. The number of allylic oxidation sites excluding steroid dienone is 3. The SMILES string of the molecule is CCCCCCCCC/C=C/CC/C=C/C(O)C(COC1OC(CO)C(OC2OC(CO)C(O)C(O)C2O)C(O)C1O)NC(=O)CC. The van der Waals surface area contributed by atoms with E-state index < -0.39 is 86.8 Å². The summed E-state index contributed by atoms with van der Waals surface area (Å²) in [6.07, 6.45) is 2.24. The van der Waals surface area contributed by atoms with E-state index in [-0.39, 0.29) is 18.9 Å². The number of carbonyl (C=O) groups excluding carboxylic acids is 1. The van der Waals surface area contributed by atoms with Gasteiger partial charge in [0.2, 0.25) is 5.91 Å². The van der Waals surface area contributed by atoms with Gasteiger partial charge in [-0.1, -0.05) is 76.7 Å². The van der Waals surface area contributed by atoms with Crippen LogP contribution in [-0.2, 0) is 23.7 Å². The molecule has 2 rings (SSSR count). The first kappa shape index (κ1) is 41.6. The third kappa shape index (κ3) is 13.7. The summed E-state index contributed by atoms with van der Waals surface area (Å²) < 4.78 is 22.2. The minimum Gasteiger partial charge on any atom is -0.394 e. The fourth-order valence-electron chi connectivity index (χ4n) is 5.44. The molecule has 0 aromatic rings. The summed E-state index contributed by atoms with van der Waals surface area (Å²) in [6, 6.07) is -0.921. The van der Waals surface area contributed by atoms with Crippen LogP contribution in [0.1, 0.15) is 84.5 Å². The van der Waals surface area contributed by atoms with E-state index in [0.717, 1.165) is 12.8 Å². The molecule has 274 valence electrons. The molecule has 0 aromatic carbocycles. The molecule has 2 aliphatic heterocycles. The van der Waals surface area contributed by atoms with Crippen molar-refractivity contribution in [3.05, 3.63) is 24.3 Å². The molecular formula is C33H59NO13. The second kappa shape index (κ2) is 23.0. The summed E-state index contributed by atoms with van der Waals surface area (Å²) in [4.78, 5) is 12.2. The fraction of sp³-hybridized carbons (Fsp3) is 0.848. The summed E-state index contributed by atoms with van der Waals surface area (Å²) in [5.74, 6) is -0.342. The molecule has 12 atom stereocenters. The van der Waals surface area contributed by atoms with Gasteiger partial charge in [-0.05, 0) is 25.7 Å². The van der Waals surface area contributed by atoms with Crippen molar-refractivity contribution < 1.29 is 64.6 Å². The molecule has 47 heavy (non-hydrogen) atoms. The molecule has 0 spiro atoms. The number of aliphatic hydroxyl groups excluding tert-OH is 8. The van der Waals surface area contributed by atoms with Crippen LogP contribution in [0.4, 0.5) is 0 Å². The fourth-order valence-corrected chi connectivity index (χ4v) is 5.44. The molecular weight excluding hydrogens is 618 g/mol. The van der Waals surface area contributed by atoms with Gasteiger partial charge in [-0.3, -0.25) is 4.79 Å². The molecule has 1 amide bonds. The third-order valence-electron chi connectivity index (χ3n) is 8.45. The highest BCUT2D eigenvalue weighted by Gasteiger charge is 2.50. The molecule has 0 aromatic heterocycles. The molecule has 9 N–H and O–H groups in total. The normalized spacial score (nSPS) is 33.0. The van der Waals surface area contributed by atoms with Gasteiger partial charge in [-0.2, -0.15) is 0 Å². The Hall–Kier alpha value is -1.53.